The molecule has 2 heterocycles. The van der Waals surface area contributed by atoms with Crippen LogP contribution in [-0.4, -0.2) is 49.4 Å². The summed E-state index contributed by atoms with van der Waals surface area (Å²) in [6, 6.07) is 10.1. The highest BCUT2D eigenvalue weighted by Gasteiger charge is 2.16. The number of hydrogen-bond donors (Lipinski definition) is 1. The lowest BCUT2D eigenvalue weighted by atomic mass is 10.3. The summed E-state index contributed by atoms with van der Waals surface area (Å²) in [5.41, 5.74) is 0. The predicted molar refractivity (Wildman–Crippen MR) is 109 cm³/mol. The lowest BCUT2D eigenvalue weighted by Crippen LogP contribution is -2.22. The monoisotopic (exact) mass is 440 g/mol. The van der Waals surface area contributed by atoms with Gasteiger partial charge in [0.15, 0.2) is 4.34 Å². The lowest BCUT2D eigenvalue weighted by molar-refractivity contribution is 0.343. The number of benzene rings is 1. The van der Waals surface area contributed by atoms with E-state index in [2.05, 4.69) is 15.5 Å². The van der Waals surface area contributed by atoms with Crippen LogP contribution in [-0.2, 0) is 16.6 Å². The minimum atomic E-state index is -3.42. The summed E-state index contributed by atoms with van der Waals surface area (Å²) in [5, 5.41) is 12.1. The molecule has 0 spiro atoms. The molecule has 8 nitrogen and oxygen atoms in total. The maximum Gasteiger partial charge on any atom is 0.242 e. The fraction of sp³-hybridized carbons (Fsp3) is 0.294. The Bertz CT molecular complexity index is 970. The van der Waals surface area contributed by atoms with Crippen molar-refractivity contribution in [2.75, 3.05) is 31.8 Å². The fourth-order valence-corrected chi connectivity index (χ4v) is 4.66. The van der Waals surface area contributed by atoms with Crippen molar-refractivity contribution in [3.8, 4) is 5.75 Å². The molecule has 0 saturated heterocycles. The van der Waals surface area contributed by atoms with Crippen molar-refractivity contribution < 1.29 is 17.6 Å². The zero-order chi connectivity index (χ0) is 20.0. The molecule has 1 N–H and O–H groups in total. The van der Waals surface area contributed by atoms with Gasteiger partial charge in [0.1, 0.15) is 11.5 Å². The number of furan rings is 1. The summed E-state index contributed by atoms with van der Waals surface area (Å²) in [6.45, 7) is 1.04. The lowest BCUT2D eigenvalue weighted by Gasteiger charge is -2.12. The summed E-state index contributed by atoms with van der Waals surface area (Å²) in [7, 11) is -0.419. The van der Waals surface area contributed by atoms with E-state index in [9.17, 15) is 8.42 Å². The van der Waals surface area contributed by atoms with Crippen LogP contribution < -0.4 is 10.1 Å². The third-order valence-electron chi connectivity index (χ3n) is 3.58. The van der Waals surface area contributed by atoms with E-state index < -0.39 is 10.0 Å². The fourth-order valence-electron chi connectivity index (χ4n) is 2.12. The molecule has 0 bridgehead atoms. The largest absolute Gasteiger partial charge is 0.493 e. The third-order valence-corrected chi connectivity index (χ3v) is 7.39. The van der Waals surface area contributed by atoms with Gasteiger partial charge in [-0.3, -0.25) is 0 Å². The van der Waals surface area contributed by atoms with Crippen LogP contribution in [0, 0.1) is 0 Å². The highest BCUT2D eigenvalue weighted by atomic mass is 32.2. The van der Waals surface area contributed by atoms with Crippen LogP contribution >= 0.6 is 23.1 Å². The van der Waals surface area contributed by atoms with Crippen LogP contribution in [0.3, 0.4) is 0 Å². The van der Waals surface area contributed by atoms with E-state index in [4.69, 9.17) is 9.15 Å². The summed E-state index contributed by atoms with van der Waals surface area (Å²) >= 11 is 3.02. The van der Waals surface area contributed by atoms with Crippen molar-refractivity contribution in [3.05, 3.63) is 48.4 Å². The first-order chi connectivity index (χ1) is 13.4. The van der Waals surface area contributed by atoms with Crippen LogP contribution in [0.1, 0.15) is 5.76 Å². The molecule has 1 aromatic carbocycles. The second kappa shape index (κ2) is 9.41. The molecule has 2 aromatic heterocycles. The average Bonchev–Trinajstić information content (AvgIpc) is 3.35. The van der Waals surface area contributed by atoms with Crippen LogP contribution in [0.4, 0.5) is 5.13 Å². The Hall–Kier alpha value is -2.08. The third kappa shape index (κ3) is 5.47. The number of ether oxygens (including phenoxy) is 1. The first-order valence-corrected chi connectivity index (χ1v) is 11.6. The molecule has 0 fully saturated rings. The highest BCUT2D eigenvalue weighted by Crippen LogP contribution is 2.26. The van der Waals surface area contributed by atoms with Gasteiger partial charge in [-0.15, -0.1) is 10.2 Å². The zero-order valence-electron chi connectivity index (χ0n) is 15.4. The van der Waals surface area contributed by atoms with Gasteiger partial charge in [-0.05, 0) is 36.4 Å². The van der Waals surface area contributed by atoms with E-state index in [1.54, 1.807) is 42.3 Å². The molecule has 3 rings (SSSR count). The van der Waals surface area contributed by atoms with Gasteiger partial charge in [-0.1, -0.05) is 23.1 Å². The predicted octanol–water partition coefficient (Wildman–Crippen LogP) is 3.16. The zero-order valence-corrected chi connectivity index (χ0v) is 17.8. The van der Waals surface area contributed by atoms with Gasteiger partial charge in [0, 0.05) is 19.8 Å². The Balaban J connectivity index is 1.41. The Morgan fingerprint density at radius 3 is 2.68 bits per heavy atom. The maximum atomic E-state index is 12.0. The Morgan fingerprint density at radius 2 is 2.00 bits per heavy atom. The van der Waals surface area contributed by atoms with Crippen molar-refractivity contribution in [1.29, 1.82) is 0 Å². The van der Waals surface area contributed by atoms with E-state index in [-0.39, 0.29) is 4.90 Å². The first kappa shape index (κ1) is 20.6. The van der Waals surface area contributed by atoms with Crippen LogP contribution in [0.15, 0.2) is 56.3 Å². The molecule has 0 unspecified atom stereocenters. The van der Waals surface area contributed by atoms with Gasteiger partial charge in [0.2, 0.25) is 15.2 Å². The standard InChI is InChI=1S/C17H20N4O4S3/c1-21(2)28(22,23)15-7-5-13(6-8-15)25-10-11-26-17-20-19-16(27-17)18-12-14-4-3-9-24-14/h3-9H,10-12H2,1-2H3,(H,18,19). The molecule has 3 aromatic rings. The number of nitrogens with one attached hydrogen (secondary N) is 1. The molecule has 0 aliphatic heterocycles. The van der Waals surface area contributed by atoms with Crippen molar-refractivity contribution in [3.63, 3.8) is 0 Å². The Labute approximate surface area is 172 Å². The number of hydrogen-bond acceptors (Lipinski definition) is 9. The minimum absolute atomic E-state index is 0.239. The van der Waals surface area contributed by atoms with Crippen LogP contribution in [0.25, 0.3) is 0 Å². The summed E-state index contributed by atoms with van der Waals surface area (Å²) in [6.07, 6.45) is 1.63. The second-order valence-electron chi connectivity index (χ2n) is 5.76. The quantitative estimate of drug-likeness (QED) is 0.379. The molecule has 0 atom stereocenters. The van der Waals surface area contributed by atoms with E-state index in [0.29, 0.717) is 24.7 Å². The van der Waals surface area contributed by atoms with Gasteiger partial charge in [0.05, 0.1) is 24.3 Å². The molecule has 0 amide bonds. The number of rotatable bonds is 10. The molecule has 150 valence electrons. The van der Waals surface area contributed by atoms with Gasteiger partial charge in [0.25, 0.3) is 0 Å². The van der Waals surface area contributed by atoms with Crippen molar-refractivity contribution >= 4 is 38.3 Å². The first-order valence-electron chi connectivity index (χ1n) is 8.33. The van der Waals surface area contributed by atoms with Gasteiger partial charge in [-0.2, -0.15) is 0 Å². The van der Waals surface area contributed by atoms with E-state index >= 15 is 0 Å². The summed E-state index contributed by atoms with van der Waals surface area (Å²) in [4.78, 5) is 0.239. The van der Waals surface area contributed by atoms with Crippen molar-refractivity contribution in [2.24, 2.45) is 0 Å². The number of aromatic nitrogens is 2. The molecular weight excluding hydrogens is 420 g/mol. The van der Waals surface area contributed by atoms with Gasteiger partial charge < -0.3 is 14.5 Å². The number of thioether (sulfide) groups is 1. The van der Waals surface area contributed by atoms with Crippen molar-refractivity contribution in [2.45, 2.75) is 15.8 Å². The topological polar surface area (TPSA) is 97.6 Å². The van der Waals surface area contributed by atoms with Crippen LogP contribution in [0.5, 0.6) is 5.75 Å². The molecule has 28 heavy (non-hydrogen) atoms. The maximum absolute atomic E-state index is 12.0. The summed E-state index contributed by atoms with van der Waals surface area (Å²) in [5.74, 6) is 2.16. The molecule has 0 aliphatic carbocycles. The number of anilines is 1. The van der Waals surface area contributed by atoms with E-state index in [1.165, 1.54) is 29.7 Å². The molecule has 11 heteroatoms. The van der Waals surface area contributed by atoms with Crippen molar-refractivity contribution in [1.82, 2.24) is 14.5 Å². The summed E-state index contributed by atoms with van der Waals surface area (Å²) < 4.78 is 37.0. The molecular formula is C17H20N4O4S3. The van der Waals surface area contributed by atoms with Crippen LogP contribution in [0.2, 0.25) is 0 Å². The molecule has 0 aliphatic rings. The second-order valence-corrected chi connectivity index (χ2v) is 10.2. The normalized spacial score (nSPS) is 11.7. The Kier molecular flexibility index (Phi) is 6.94. The number of sulfonamides is 1. The number of nitrogens with zero attached hydrogens (tertiary/aromatic N) is 3. The van der Waals surface area contributed by atoms with Gasteiger partial charge >= 0.3 is 0 Å². The Morgan fingerprint density at radius 1 is 1.21 bits per heavy atom. The molecule has 0 radical (unpaired) electrons. The van der Waals surface area contributed by atoms with E-state index in [0.717, 1.165) is 15.2 Å². The van der Waals surface area contributed by atoms with E-state index in [1.807, 2.05) is 12.1 Å². The average molecular weight is 441 g/mol. The molecule has 0 saturated carbocycles. The van der Waals surface area contributed by atoms with Gasteiger partial charge in [-0.25, -0.2) is 12.7 Å². The SMILES string of the molecule is CN(C)S(=O)(=O)c1ccc(OCCSc2nnc(NCc3ccco3)s2)cc1. The smallest absolute Gasteiger partial charge is 0.242 e. The highest BCUT2D eigenvalue weighted by molar-refractivity contribution is 8.01. The minimum Gasteiger partial charge on any atom is -0.493 e.